The lowest BCUT2D eigenvalue weighted by atomic mass is 9.97. The van der Waals surface area contributed by atoms with Crippen LogP contribution in [0.3, 0.4) is 0 Å². The molecule has 9 heteroatoms. The Morgan fingerprint density at radius 3 is 2.32 bits per heavy atom. The number of hydrogen-bond acceptors (Lipinski definition) is 5. The maximum absolute atomic E-state index is 13.0. The fourth-order valence-electron chi connectivity index (χ4n) is 2.90. The number of aliphatic carboxylic acids is 1. The molecule has 0 aliphatic heterocycles. The lowest BCUT2D eigenvalue weighted by Gasteiger charge is -2.25. The molecule has 4 atom stereocenters. The summed E-state index contributed by atoms with van der Waals surface area (Å²) in [5.74, 6) is -2.09. The molecule has 1 aromatic carbocycles. The van der Waals surface area contributed by atoms with Gasteiger partial charge in [0.05, 0.1) is 5.56 Å². The molecule has 0 saturated heterocycles. The van der Waals surface area contributed by atoms with Crippen molar-refractivity contribution in [3.8, 4) is 5.75 Å². The number of carbonyl (C=O) groups is 3. The normalized spacial score (nSPS) is 15.0. The summed E-state index contributed by atoms with van der Waals surface area (Å²) in [5.41, 5.74) is 5.90. The van der Waals surface area contributed by atoms with E-state index < -0.39 is 29.9 Å². The Morgan fingerprint density at radius 1 is 1.16 bits per heavy atom. The lowest BCUT2D eigenvalue weighted by molar-refractivity contribution is -0.143. The van der Waals surface area contributed by atoms with Crippen LogP contribution in [0.5, 0.6) is 5.75 Å². The Labute approximate surface area is 188 Å². The third kappa shape index (κ3) is 8.75. The van der Waals surface area contributed by atoms with Crippen LogP contribution in [0.25, 0.3) is 0 Å². The van der Waals surface area contributed by atoms with Gasteiger partial charge in [-0.25, -0.2) is 4.79 Å². The smallest absolute Gasteiger partial charge is 0.326 e. The van der Waals surface area contributed by atoms with Crippen molar-refractivity contribution in [2.75, 3.05) is 6.61 Å². The minimum Gasteiger partial charge on any atom is -0.491 e. The van der Waals surface area contributed by atoms with E-state index in [-0.39, 0.29) is 30.0 Å². The summed E-state index contributed by atoms with van der Waals surface area (Å²) in [5, 5.41) is 15.1. The number of hydrogen-bond donors (Lipinski definition) is 4. The van der Waals surface area contributed by atoms with Gasteiger partial charge in [-0.1, -0.05) is 45.7 Å². The molecule has 0 aliphatic rings. The van der Waals surface area contributed by atoms with E-state index in [1.54, 1.807) is 26.0 Å². The van der Waals surface area contributed by atoms with Gasteiger partial charge in [0, 0.05) is 11.1 Å². The van der Waals surface area contributed by atoms with Gasteiger partial charge < -0.3 is 26.2 Å². The molecular formula is C22H34ClN3O5. The van der Waals surface area contributed by atoms with Crippen molar-refractivity contribution in [1.82, 2.24) is 10.6 Å². The number of amides is 2. The summed E-state index contributed by atoms with van der Waals surface area (Å²) >= 11 is 6.06. The van der Waals surface area contributed by atoms with Gasteiger partial charge in [0.2, 0.25) is 5.91 Å². The maximum Gasteiger partial charge on any atom is 0.326 e. The summed E-state index contributed by atoms with van der Waals surface area (Å²) in [6.07, 6.45) is 0.919. The van der Waals surface area contributed by atoms with Crippen LogP contribution in [0.2, 0.25) is 5.02 Å². The van der Waals surface area contributed by atoms with E-state index in [0.29, 0.717) is 23.6 Å². The number of benzene rings is 1. The molecule has 2 amide bonds. The molecule has 1 aromatic rings. The number of carboxylic acid groups (broad SMARTS) is 1. The van der Waals surface area contributed by atoms with Gasteiger partial charge in [0.25, 0.3) is 5.91 Å². The first kappa shape index (κ1) is 26.7. The van der Waals surface area contributed by atoms with Crippen molar-refractivity contribution in [3.05, 3.63) is 28.8 Å². The molecule has 0 aromatic heterocycles. The Hall–Kier alpha value is -2.32. The predicted molar refractivity (Wildman–Crippen MR) is 120 cm³/mol. The quantitative estimate of drug-likeness (QED) is 0.383. The van der Waals surface area contributed by atoms with Gasteiger partial charge in [-0.2, -0.15) is 0 Å². The van der Waals surface area contributed by atoms with Crippen LogP contribution in [0.1, 0.15) is 57.8 Å². The highest BCUT2D eigenvalue weighted by molar-refractivity contribution is 6.31. The van der Waals surface area contributed by atoms with E-state index in [1.165, 1.54) is 6.07 Å². The highest BCUT2D eigenvalue weighted by atomic mass is 35.5. The lowest BCUT2D eigenvalue weighted by Crippen LogP contribution is -2.53. The minimum absolute atomic E-state index is 0.0797. The number of carbonyl (C=O) groups excluding carboxylic acids is 2. The van der Waals surface area contributed by atoms with Crippen LogP contribution in [0, 0.1) is 11.8 Å². The number of ether oxygens (including phenoxy) is 1. The first-order chi connectivity index (χ1) is 14.5. The second kappa shape index (κ2) is 12.5. The molecule has 0 fully saturated rings. The van der Waals surface area contributed by atoms with E-state index in [1.807, 2.05) is 20.8 Å². The number of rotatable bonds is 12. The zero-order valence-electron chi connectivity index (χ0n) is 18.8. The maximum atomic E-state index is 13.0. The fourth-order valence-corrected chi connectivity index (χ4v) is 3.07. The van der Waals surface area contributed by atoms with Crippen LogP contribution in [0.4, 0.5) is 0 Å². The summed E-state index contributed by atoms with van der Waals surface area (Å²) in [4.78, 5) is 37.5. The van der Waals surface area contributed by atoms with Crippen LogP contribution in [-0.2, 0) is 9.59 Å². The molecule has 8 nitrogen and oxygen atoms in total. The molecule has 0 aliphatic carbocycles. The molecule has 0 heterocycles. The van der Waals surface area contributed by atoms with E-state index in [4.69, 9.17) is 22.1 Å². The van der Waals surface area contributed by atoms with Gasteiger partial charge >= 0.3 is 5.97 Å². The van der Waals surface area contributed by atoms with Crippen molar-refractivity contribution in [1.29, 1.82) is 0 Å². The molecule has 0 saturated carbocycles. The second-order valence-electron chi connectivity index (χ2n) is 8.29. The summed E-state index contributed by atoms with van der Waals surface area (Å²) < 4.78 is 5.62. The fraction of sp³-hybridized carbons (Fsp3) is 0.591. The van der Waals surface area contributed by atoms with Crippen molar-refractivity contribution >= 4 is 29.4 Å². The molecule has 174 valence electrons. The minimum atomic E-state index is -1.11. The van der Waals surface area contributed by atoms with E-state index in [2.05, 4.69) is 10.6 Å². The topological polar surface area (TPSA) is 131 Å². The number of nitrogens with two attached hydrogens (primary N) is 1. The third-order valence-electron chi connectivity index (χ3n) is 4.79. The van der Waals surface area contributed by atoms with Crippen molar-refractivity contribution in [2.24, 2.45) is 17.6 Å². The van der Waals surface area contributed by atoms with Crippen LogP contribution < -0.4 is 21.1 Å². The Kier molecular flexibility index (Phi) is 10.8. The molecule has 0 radical (unpaired) electrons. The third-order valence-corrected chi connectivity index (χ3v) is 5.03. The SMILES string of the molecule is CC[C@H](C)[C@H](NC(=O)[C@H](CC(C)C)NC(=O)c1cc(Cl)ccc1OC[C@H](C)N)C(=O)O. The Balaban J connectivity index is 3.09. The number of halogens is 1. The highest BCUT2D eigenvalue weighted by Gasteiger charge is 2.30. The molecule has 5 N–H and O–H groups in total. The van der Waals surface area contributed by atoms with Crippen LogP contribution in [0.15, 0.2) is 18.2 Å². The van der Waals surface area contributed by atoms with Gasteiger partial charge in [-0.15, -0.1) is 0 Å². The monoisotopic (exact) mass is 455 g/mol. The largest absolute Gasteiger partial charge is 0.491 e. The van der Waals surface area contributed by atoms with E-state index in [0.717, 1.165) is 0 Å². The van der Waals surface area contributed by atoms with Gasteiger partial charge in [0.1, 0.15) is 24.4 Å². The van der Waals surface area contributed by atoms with Gasteiger partial charge in [-0.05, 0) is 43.4 Å². The standard InChI is InChI=1S/C22H34ClN3O5/c1-6-13(4)19(22(29)30)26-21(28)17(9-12(2)3)25-20(27)16-10-15(23)7-8-18(16)31-11-14(5)24/h7-8,10,12-14,17,19H,6,9,11,24H2,1-5H3,(H,25,27)(H,26,28)(H,29,30)/t13-,14-,17-,19-/m0/s1. The molecular weight excluding hydrogens is 422 g/mol. The van der Waals surface area contributed by atoms with E-state index >= 15 is 0 Å². The molecule has 31 heavy (non-hydrogen) atoms. The Morgan fingerprint density at radius 2 is 1.81 bits per heavy atom. The number of carboxylic acids is 1. The summed E-state index contributed by atoms with van der Waals surface area (Å²) in [6.45, 7) is 9.40. The summed E-state index contributed by atoms with van der Waals surface area (Å²) in [7, 11) is 0. The first-order valence-electron chi connectivity index (χ1n) is 10.5. The average Bonchev–Trinajstić information content (AvgIpc) is 2.68. The average molecular weight is 456 g/mol. The summed E-state index contributed by atoms with van der Waals surface area (Å²) in [6, 6.07) is 2.42. The zero-order valence-corrected chi connectivity index (χ0v) is 19.5. The second-order valence-corrected chi connectivity index (χ2v) is 8.73. The predicted octanol–water partition coefficient (Wildman–Crippen LogP) is 2.83. The first-order valence-corrected chi connectivity index (χ1v) is 10.9. The molecule has 0 bridgehead atoms. The Bertz CT molecular complexity index is 770. The van der Waals surface area contributed by atoms with Crippen LogP contribution in [-0.4, -0.2) is 47.6 Å². The van der Waals surface area contributed by atoms with Crippen molar-refractivity contribution in [3.63, 3.8) is 0 Å². The number of nitrogens with one attached hydrogen (secondary N) is 2. The van der Waals surface area contributed by atoms with Gasteiger partial charge in [0.15, 0.2) is 0 Å². The van der Waals surface area contributed by atoms with E-state index in [9.17, 15) is 19.5 Å². The zero-order chi connectivity index (χ0) is 23.7. The molecule has 0 spiro atoms. The van der Waals surface area contributed by atoms with Crippen molar-refractivity contribution in [2.45, 2.75) is 65.6 Å². The van der Waals surface area contributed by atoms with Gasteiger partial charge in [-0.3, -0.25) is 9.59 Å². The molecule has 1 rings (SSSR count). The highest BCUT2D eigenvalue weighted by Crippen LogP contribution is 2.23. The molecule has 0 unspecified atom stereocenters. The van der Waals surface area contributed by atoms with Crippen molar-refractivity contribution < 1.29 is 24.2 Å². The van der Waals surface area contributed by atoms with Crippen LogP contribution >= 0.6 is 11.6 Å².